The molecule has 1 aliphatic heterocycles. The molecule has 2 heteroatoms. The van der Waals surface area contributed by atoms with E-state index in [1.165, 1.54) is 12.8 Å². The van der Waals surface area contributed by atoms with E-state index in [0.717, 1.165) is 19.1 Å². The zero-order valence-corrected chi connectivity index (χ0v) is 7.39. The summed E-state index contributed by atoms with van der Waals surface area (Å²) in [6.45, 7) is 6.20. The van der Waals surface area contributed by atoms with Crippen molar-refractivity contribution in [3.63, 3.8) is 0 Å². The summed E-state index contributed by atoms with van der Waals surface area (Å²) in [5.41, 5.74) is 0.200. The maximum atomic E-state index is 5.54. The minimum absolute atomic E-state index is 0.200. The molecule has 0 radical (unpaired) electrons. The molecule has 64 valence electrons. The van der Waals surface area contributed by atoms with E-state index in [0.29, 0.717) is 6.04 Å². The molecule has 1 aliphatic carbocycles. The van der Waals surface area contributed by atoms with E-state index in [2.05, 4.69) is 19.2 Å². The van der Waals surface area contributed by atoms with E-state index in [1.54, 1.807) is 0 Å². The van der Waals surface area contributed by atoms with Gasteiger partial charge >= 0.3 is 0 Å². The molecule has 0 aromatic carbocycles. The van der Waals surface area contributed by atoms with Crippen LogP contribution in [0.5, 0.6) is 0 Å². The lowest BCUT2D eigenvalue weighted by Gasteiger charge is -2.37. The molecular formula is C9H17NO. The van der Waals surface area contributed by atoms with E-state index in [4.69, 9.17) is 4.74 Å². The van der Waals surface area contributed by atoms with Crippen LogP contribution in [0.2, 0.25) is 0 Å². The van der Waals surface area contributed by atoms with E-state index in [-0.39, 0.29) is 5.54 Å². The quantitative estimate of drug-likeness (QED) is 0.613. The zero-order valence-electron chi connectivity index (χ0n) is 7.39. The van der Waals surface area contributed by atoms with Crippen molar-refractivity contribution in [2.45, 2.75) is 38.3 Å². The largest absolute Gasteiger partial charge is 0.378 e. The number of nitrogens with one attached hydrogen (secondary N) is 1. The second kappa shape index (κ2) is 2.46. The summed E-state index contributed by atoms with van der Waals surface area (Å²) in [7, 11) is 0. The summed E-state index contributed by atoms with van der Waals surface area (Å²) in [6.07, 6.45) is 2.80. The maximum Gasteiger partial charge on any atom is 0.0643 e. The van der Waals surface area contributed by atoms with Gasteiger partial charge in [0.1, 0.15) is 0 Å². The van der Waals surface area contributed by atoms with Crippen LogP contribution in [0.4, 0.5) is 0 Å². The van der Waals surface area contributed by atoms with Crippen LogP contribution in [-0.4, -0.2) is 24.8 Å². The second-order valence-corrected chi connectivity index (χ2v) is 4.49. The molecule has 2 nitrogen and oxygen atoms in total. The van der Waals surface area contributed by atoms with Crippen molar-refractivity contribution >= 4 is 0 Å². The number of hydrogen-bond donors (Lipinski definition) is 1. The molecule has 2 fully saturated rings. The van der Waals surface area contributed by atoms with Crippen LogP contribution in [0.3, 0.4) is 0 Å². The highest BCUT2D eigenvalue weighted by molar-refractivity contribution is 4.94. The van der Waals surface area contributed by atoms with Crippen LogP contribution < -0.4 is 5.32 Å². The molecule has 0 bridgehead atoms. The average Bonchev–Trinajstić information content (AvgIpc) is 2.65. The minimum Gasteiger partial charge on any atom is -0.378 e. The Bertz CT molecular complexity index is 152. The Balaban J connectivity index is 1.92. The van der Waals surface area contributed by atoms with E-state index < -0.39 is 0 Å². The molecule has 1 atom stereocenters. The smallest absolute Gasteiger partial charge is 0.0643 e. The molecule has 2 aliphatic rings. The van der Waals surface area contributed by atoms with Crippen LogP contribution in [0.15, 0.2) is 0 Å². The SMILES string of the molecule is CC1(C)COCC(C2CC2)N1. The average molecular weight is 155 g/mol. The van der Waals surface area contributed by atoms with Gasteiger partial charge in [-0.05, 0) is 32.6 Å². The fourth-order valence-electron chi connectivity index (χ4n) is 1.78. The van der Waals surface area contributed by atoms with Gasteiger partial charge in [-0.2, -0.15) is 0 Å². The highest BCUT2D eigenvalue weighted by Crippen LogP contribution is 2.34. The zero-order chi connectivity index (χ0) is 7.90. The first-order chi connectivity index (χ1) is 5.17. The number of ether oxygens (including phenoxy) is 1. The first kappa shape index (κ1) is 7.56. The van der Waals surface area contributed by atoms with Crippen molar-refractivity contribution in [1.82, 2.24) is 5.32 Å². The highest BCUT2D eigenvalue weighted by atomic mass is 16.5. The fourth-order valence-corrected chi connectivity index (χ4v) is 1.78. The minimum atomic E-state index is 0.200. The molecule has 1 heterocycles. The Morgan fingerprint density at radius 2 is 2.09 bits per heavy atom. The Morgan fingerprint density at radius 1 is 1.36 bits per heavy atom. The Hall–Kier alpha value is -0.0800. The second-order valence-electron chi connectivity index (χ2n) is 4.49. The van der Waals surface area contributed by atoms with E-state index in [9.17, 15) is 0 Å². The Labute approximate surface area is 68.3 Å². The number of hydrogen-bond acceptors (Lipinski definition) is 2. The van der Waals surface area contributed by atoms with E-state index in [1.807, 2.05) is 0 Å². The van der Waals surface area contributed by atoms with Gasteiger partial charge in [0.25, 0.3) is 0 Å². The van der Waals surface area contributed by atoms with Gasteiger partial charge in [0.05, 0.1) is 13.2 Å². The molecule has 1 N–H and O–H groups in total. The molecule has 0 spiro atoms. The van der Waals surface area contributed by atoms with Crippen molar-refractivity contribution in [2.24, 2.45) is 5.92 Å². The van der Waals surface area contributed by atoms with Gasteiger partial charge in [-0.3, -0.25) is 0 Å². The van der Waals surface area contributed by atoms with Gasteiger partial charge in [0.2, 0.25) is 0 Å². The Kier molecular flexibility index (Phi) is 1.69. The van der Waals surface area contributed by atoms with E-state index >= 15 is 0 Å². The number of rotatable bonds is 1. The summed E-state index contributed by atoms with van der Waals surface area (Å²) >= 11 is 0. The third-order valence-electron chi connectivity index (χ3n) is 2.53. The summed E-state index contributed by atoms with van der Waals surface area (Å²) < 4.78 is 5.54. The van der Waals surface area contributed by atoms with Crippen LogP contribution >= 0.6 is 0 Å². The molecule has 0 aromatic rings. The van der Waals surface area contributed by atoms with Crippen molar-refractivity contribution in [3.05, 3.63) is 0 Å². The summed E-state index contributed by atoms with van der Waals surface area (Å²) in [5, 5.41) is 3.63. The lowest BCUT2D eigenvalue weighted by Crippen LogP contribution is -2.56. The normalized spacial score (nSPS) is 37.1. The Morgan fingerprint density at radius 3 is 2.64 bits per heavy atom. The monoisotopic (exact) mass is 155 g/mol. The first-order valence-electron chi connectivity index (χ1n) is 4.53. The standard InChI is InChI=1S/C9H17NO/c1-9(2)6-11-5-8(10-9)7-3-4-7/h7-8,10H,3-6H2,1-2H3. The van der Waals surface area contributed by atoms with Crippen molar-refractivity contribution < 1.29 is 4.74 Å². The molecule has 1 saturated heterocycles. The lowest BCUT2D eigenvalue weighted by molar-refractivity contribution is 0.00749. The van der Waals surface area contributed by atoms with Gasteiger partial charge in [-0.25, -0.2) is 0 Å². The van der Waals surface area contributed by atoms with Gasteiger partial charge in [-0.1, -0.05) is 0 Å². The predicted molar refractivity (Wildman–Crippen MR) is 44.5 cm³/mol. The fraction of sp³-hybridized carbons (Fsp3) is 1.00. The third-order valence-corrected chi connectivity index (χ3v) is 2.53. The van der Waals surface area contributed by atoms with Crippen LogP contribution in [0.1, 0.15) is 26.7 Å². The van der Waals surface area contributed by atoms with Crippen molar-refractivity contribution in [3.8, 4) is 0 Å². The van der Waals surface area contributed by atoms with Crippen LogP contribution in [0, 0.1) is 5.92 Å². The van der Waals surface area contributed by atoms with Crippen molar-refractivity contribution in [2.75, 3.05) is 13.2 Å². The number of morpholine rings is 1. The summed E-state index contributed by atoms with van der Waals surface area (Å²) in [6, 6.07) is 0.638. The van der Waals surface area contributed by atoms with Crippen LogP contribution in [-0.2, 0) is 4.74 Å². The molecule has 1 saturated carbocycles. The molecule has 0 amide bonds. The summed E-state index contributed by atoms with van der Waals surface area (Å²) in [4.78, 5) is 0. The van der Waals surface area contributed by atoms with Gasteiger partial charge < -0.3 is 10.1 Å². The topological polar surface area (TPSA) is 21.3 Å². The molecule has 11 heavy (non-hydrogen) atoms. The van der Waals surface area contributed by atoms with Gasteiger partial charge in [-0.15, -0.1) is 0 Å². The predicted octanol–water partition coefficient (Wildman–Crippen LogP) is 1.16. The molecule has 2 rings (SSSR count). The van der Waals surface area contributed by atoms with Gasteiger partial charge in [0.15, 0.2) is 0 Å². The summed E-state index contributed by atoms with van der Waals surface area (Å²) in [5.74, 6) is 0.912. The van der Waals surface area contributed by atoms with Crippen LogP contribution in [0.25, 0.3) is 0 Å². The first-order valence-corrected chi connectivity index (χ1v) is 4.53. The highest BCUT2D eigenvalue weighted by Gasteiger charge is 2.37. The maximum absolute atomic E-state index is 5.54. The van der Waals surface area contributed by atoms with Gasteiger partial charge in [0, 0.05) is 11.6 Å². The molecular weight excluding hydrogens is 138 g/mol. The third kappa shape index (κ3) is 1.74. The molecule has 1 unspecified atom stereocenters. The van der Waals surface area contributed by atoms with Crippen molar-refractivity contribution in [1.29, 1.82) is 0 Å². The lowest BCUT2D eigenvalue weighted by atomic mass is 10.0. The molecule has 0 aromatic heterocycles.